The molecule has 0 radical (unpaired) electrons. The third-order valence-corrected chi connectivity index (χ3v) is 3.17. The summed E-state index contributed by atoms with van der Waals surface area (Å²) in [7, 11) is 0. The fraction of sp³-hybridized carbons (Fsp3) is 0.143. The van der Waals surface area contributed by atoms with Gasteiger partial charge in [-0.25, -0.2) is 15.0 Å². The van der Waals surface area contributed by atoms with E-state index >= 15 is 0 Å². The highest BCUT2D eigenvalue weighted by Gasteiger charge is 2.22. The number of fused-ring (bicyclic) bond motifs is 1. The first-order valence-electron chi connectivity index (χ1n) is 6.34. The van der Waals surface area contributed by atoms with Gasteiger partial charge in [-0.2, -0.15) is 0 Å². The van der Waals surface area contributed by atoms with Gasteiger partial charge < -0.3 is 20.4 Å². The molecule has 3 aromatic rings. The van der Waals surface area contributed by atoms with Gasteiger partial charge in [0, 0.05) is 0 Å². The maximum Gasteiger partial charge on any atom is 0.254 e. The van der Waals surface area contributed by atoms with Crippen molar-refractivity contribution in [3.05, 3.63) is 29.2 Å². The van der Waals surface area contributed by atoms with Crippen LogP contribution in [0.15, 0.2) is 16.7 Å². The summed E-state index contributed by atoms with van der Waals surface area (Å²) in [6, 6.07) is 1.36. The second-order valence-electron chi connectivity index (χ2n) is 4.80. The van der Waals surface area contributed by atoms with Crippen LogP contribution in [0.5, 0.6) is 11.5 Å². The lowest BCUT2D eigenvalue weighted by atomic mass is 10.1. The molecule has 0 aliphatic carbocycles. The molecular formula is C14H12N4O4. The van der Waals surface area contributed by atoms with Crippen molar-refractivity contribution in [2.45, 2.75) is 13.8 Å². The molecule has 2 aromatic heterocycles. The van der Waals surface area contributed by atoms with E-state index in [9.17, 15) is 15.0 Å². The molecule has 22 heavy (non-hydrogen) atoms. The molecule has 112 valence electrons. The highest BCUT2D eigenvalue weighted by Crippen LogP contribution is 2.34. The molecule has 0 aliphatic heterocycles. The molecule has 0 spiro atoms. The molecule has 0 bridgehead atoms. The molecule has 1 amide bonds. The van der Waals surface area contributed by atoms with E-state index < -0.39 is 5.91 Å². The lowest BCUT2D eigenvalue weighted by molar-refractivity contribution is 0.0999. The smallest absolute Gasteiger partial charge is 0.254 e. The molecule has 4 N–H and O–H groups in total. The van der Waals surface area contributed by atoms with Gasteiger partial charge in [-0.3, -0.25) is 4.79 Å². The van der Waals surface area contributed by atoms with E-state index in [1.807, 2.05) is 0 Å². The molecule has 8 nitrogen and oxygen atoms in total. The summed E-state index contributed by atoms with van der Waals surface area (Å²) < 4.78 is 5.59. The zero-order chi connectivity index (χ0) is 16.0. The lowest BCUT2D eigenvalue weighted by Crippen LogP contribution is -2.12. The van der Waals surface area contributed by atoms with Gasteiger partial charge >= 0.3 is 0 Å². The van der Waals surface area contributed by atoms with Crippen molar-refractivity contribution in [3.63, 3.8) is 0 Å². The largest absolute Gasteiger partial charge is 0.507 e. The minimum atomic E-state index is -0.828. The number of primary amides is 1. The SMILES string of the molecule is Cc1ncc(O)c(-c2nc3c(C(N)=O)c(O)cc(C)c3o2)n1. The van der Waals surface area contributed by atoms with Gasteiger partial charge in [-0.15, -0.1) is 0 Å². The normalized spacial score (nSPS) is 11.0. The van der Waals surface area contributed by atoms with Gasteiger partial charge in [0.1, 0.15) is 22.7 Å². The molecular weight excluding hydrogens is 288 g/mol. The number of aryl methyl sites for hydroxylation is 2. The van der Waals surface area contributed by atoms with Crippen molar-refractivity contribution in [1.29, 1.82) is 0 Å². The minimum absolute atomic E-state index is 0.00852. The summed E-state index contributed by atoms with van der Waals surface area (Å²) in [6.45, 7) is 3.34. The molecule has 3 rings (SSSR count). The number of aromatic hydroxyl groups is 2. The summed E-state index contributed by atoms with van der Waals surface area (Å²) >= 11 is 0. The number of benzene rings is 1. The quantitative estimate of drug-likeness (QED) is 0.651. The predicted molar refractivity (Wildman–Crippen MR) is 76.4 cm³/mol. The van der Waals surface area contributed by atoms with E-state index in [1.54, 1.807) is 13.8 Å². The average molecular weight is 300 g/mol. The number of rotatable bonds is 2. The van der Waals surface area contributed by atoms with Gasteiger partial charge in [-0.1, -0.05) is 0 Å². The Labute approximate surface area is 124 Å². The number of amides is 1. The van der Waals surface area contributed by atoms with Crippen molar-refractivity contribution in [3.8, 4) is 23.1 Å². The van der Waals surface area contributed by atoms with Crippen LogP contribution in [0.25, 0.3) is 22.7 Å². The second kappa shape index (κ2) is 4.69. The number of aromatic nitrogens is 3. The fourth-order valence-corrected chi connectivity index (χ4v) is 2.19. The topological polar surface area (TPSA) is 135 Å². The number of phenols is 1. The van der Waals surface area contributed by atoms with Gasteiger partial charge in [-0.05, 0) is 25.5 Å². The van der Waals surface area contributed by atoms with Crippen LogP contribution in [-0.4, -0.2) is 31.1 Å². The monoisotopic (exact) mass is 300 g/mol. The summed E-state index contributed by atoms with van der Waals surface area (Å²) in [4.78, 5) is 23.6. The van der Waals surface area contributed by atoms with Gasteiger partial charge in [0.2, 0.25) is 5.89 Å². The summed E-state index contributed by atoms with van der Waals surface area (Å²) in [5.41, 5.74) is 6.22. The molecule has 0 unspecified atom stereocenters. The first-order chi connectivity index (χ1) is 10.4. The Morgan fingerprint density at radius 1 is 1.23 bits per heavy atom. The van der Waals surface area contributed by atoms with E-state index in [-0.39, 0.29) is 39.7 Å². The second-order valence-corrected chi connectivity index (χ2v) is 4.80. The third kappa shape index (κ3) is 2.01. The van der Waals surface area contributed by atoms with Crippen LogP contribution in [0.2, 0.25) is 0 Å². The Bertz CT molecular complexity index is 917. The minimum Gasteiger partial charge on any atom is -0.507 e. The van der Waals surface area contributed by atoms with Crippen molar-refractivity contribution in [2.24, 2.45) is 5.73 Å². The standard InChI is InChI=1S/C14H12N4O4/c1-5-3-7(19)9(13(15)21)11-12(5)22-14(18-11)10-8(20)4-16-6(2)17-10/h3-4,19-20H,1-2H3,(H2,15,21). The van der Waals surface area contributed by atoms with E-state index in [4.69, 9.17) is 10.2 Å². The van der Waals surface area contributed by atoms with E-state index in [2.05, 4.69) is 15.0 Å². The molecule has 8 heteroatoms. The van der Waals surface area contributed by atoms with E-state index in [0.29, 0.717) is 11.4 Å². The molecule has 0 aliphatic rings. The number of nitrogens with two attached hydrogens (primary N) is 1. The average Bonchev–Trinajstić information content (AvgIpc) is 2.86. The molecule has 0 saturated heterocycles. The number of carbonyl (C=O) groups is 1. The first-order valence-corrected chi connectivity index (χ1v) is 6.34. The predicted octanol–water partition coefficient (Wildman–Crippen LogP) is 1.41. The Morgan fingerprint density at radius 3 is 2.64 bits per heavy atom. The Kier molecular flexibility index (Phi) is 2.94. The molecule has 1 aromatic carbocycles. The molecule has 0 atom stereocenters. The van der Waals surface area contributed by atoms with Crippen LogP contribution >= 0.6 is 0 Å². The zero-order valence-electron chi connectivity index (χ0n) is 11.8. The maximum atomic E-state index is 11.5. The Morgan fingerprint density at radius 2 is 1.95 bits per heavy atom. The highest BCUT2D eigenvalue weighted by molar-refractivity contribution is 6.07. The van der Waals surface area contributed by atoms with Crippen LogP contribution in [-0.2, 0) is 0 Å². The van der Waals surface area contributed by atoms with Gasteiger partial charge in [0.25, 0.3) is 5.91 Å². The number of hydrogen-bond acceptors (Lipinski definition) is 7. The van der Waals surface area contributed by atoms with Crippen molar-refractivity contribution >= 4 is 17.0 Å². The van der Waals surface area contributed by atoms with Crippen molar-refractivity contribution in [2.75, 3.05) is 0 Å². The van der Waals surface area contributed by atoms with Crippen LogP contribution < -0.4 is 5.73 Å². The lowest BCUT2D eigenvalue weighted by Gasteiger charge is -2.02. The zero-order valence-corrected chi connectivity index (χ0v) is 11.8. The first kappa shape index (κ1) is 13.8. The summed E-state index contributed by atoms with van der Waals surface area (Å²) in [5.74, 6) is -0.885. The number of hydrogen-bond donors (Lipinski definition) is 3. The maximum absolute atomic E-state index is 11.5. The van der Waals surface area contributed by atoms with Gasteiger partial charge in [0.15, 0.2) is 17.0 Å². The number of nitrogens with zero attached hydrogens (tertiary/aromatic N) is 3. The summed E-state index contributed by atoms with van der Waals surface area (Å²) in [5, 5.41) is 19.7. The van der Waals surface area contributed by atoms with E-state index in [0.717, 1.165) is 0 Å². The molecule has 0 saturated carbocycles. The van der Waals surface area contributed by atoms with Crippen molar-refractivity contribution in [1.82, 2.24) is 15.0 Å². The van der Waals surface area contributed by atoms with Crippen LogP contribution in [0.4, 0.5) is 0 Å². The molecule has 2 heterocycles. The third-order valence-electron chi connectivity index (χ3n) is 3.17. The van der Waals surface area contributed by atoms with Crippen LogP contribution in [0.3, 0.4) is 0 Å². The number of carbonyl (C=O) groups excluding carboxylic acids is 1. The number of oxazole rings is 1. The Hall–Kier alpha value is -3.16. The molecule has 0 fully saturated rings. The van der Waals surface area contributed by atoms with Gasteiger partial charge in [0.05, 0.1) is 6.20 Å². The highest BCUT2D eigenvalue weighted by atomic mass is 16.4. The van der Waals surface area contributed by atoms with Crippen LogP contribution in [0, 0.1) is 13.8 Å². The Balaban J connectivity index is 2.35. The van der Waals surface area contributed by atoms with Crippen LogP contribution in [0.1, 0.15) is 21.7 Å². The van der Waals surface area contributed by atoms with E-state index in [1.165, 1.54) is 12.3 Å². The van der Waals surface area contributed by atoms with Crippen molar-refractivity contribution < 1.29 is 19.4 Å². The summed E-state index contributed by atoms with van der Waals surface area (Å²) in [6.07, 6.45) is 1.23. The fourth-order valence-electron chi connectivity index (χ4n) is 2.19.